The van der Waals surface area contributed by atoms with Gasteiger partial charge in [0.1, 0.15) is 11.0 Å². The molecule has 3 N–H and O–H groups in total. The Morgan fingerprint density at radius 2 is 2.11 bits per heavy atom. The SMILES string of the molecule is Cc1csc(CC(=O)NC(CC(=O)O)C(=O)O)n1. The third-order valence-corrected chi connectivity index (χ3v) is 2.96. The number of rotatable bonds is 6. The van der Waals surface area contributed by atoms with Crippen LogP contribution in [0.25, 0.3) is 0 Å². The summed E-state index contributed by atoms with van der Waals surface area (Å²) >= 11 is 1.29. The van der Waals surface area contributed by atoms with Crippen LogP contribution in [-0.4, -0.2) is 39.1 Å². The summed E-state index contributed by atoms with van der Waals surface area (Å²) in [5.74, 6) is -3.22. The highest BCUT2D eigenvalue weighted by Crippen LogP contribution is 2.09. The van der Waals surface area contributed by atoms with Crippen LogP contribution in [-0.2, 0) is 20.8 Å². The average molecular weight is 272 g/mol. The molecule has 8 heteroatoms. The summed E-state index contributed by atoms with van der Waals surface area (Å²) in [6.45, 7) is 1.78. The number of nitrogens with one attached hydrogen (secondary N) is 1. The molecule has 1 unspecified atom stereocenters. The third kappa shape index (κ3) is 4.50. The highest BCUT2D eigenvalue weighted by molar-refractivity contribution is 7.09. The predicted molar refractivity (Wildman–Crippen MR) is 62.4 cm³/mol. The van der Waals surface area contributed by atoms with Crippen LogP contribution in [0.15, 0.2) is 5.38 Å². The molecular weight excluding hydrogens is 260 g/mol. The number of carbonyl (C=O) groups is 3. The van der Waals surface area contributed by atoms with Gasteiger partial charge in [0.25, 0.3) is 0 Å². The van der Waals surface area contributed by atoms with Crippen LogP contribution in [0, 0.1) is 6.92 Å². The van der Waals surface area contributed by atoms with Gasteiger partial charge in [0.15, 0.2) is 0 Å². The van der Waals surface area contributed by atoms with Crippen molar-refractivity contribution in [3.8, 4) is 0 Å². The smallest absolute Gasteiger partial charge is 0.326 e. The number of carbonyl (C=O) groups excluding carboxylic acids is 1. The molecule has 1 atom stereocenters. The standard InChI is InChI=1S/C10H12N2O5S/c1-5-4-18-8(11-5)3-7(13)12-6(10(16)17)2-9(14)15/h4,6H,2-3H2,1H3,(H,12,13)(H,14,15)(H,16,17). The number of aliphatic carboxylic acids is 2. The van der Waals surface area contributed by atoms with E-state index in [2.05, 4.69) is 10.3 Å². The molecule has 0 bridgehead atoms. The molecule has 0 aliphatic carbocycles. The molecule has 0 aromatic carbocycles. The monoisotopic (exact) mass is 272 g/mol. The van der Waals surface area contributed by atoms with Crippen LogP contribution < -0.4 is 5.32 Å². The van der Waals surface area contributed by atoms with Gasteiger partial charge < -0.3 is 15.5 Å². The first-order valence-corrected chi connectivity index (χ1v) is 5.91. The van der Waals surface area contributed by atoms with Gasteiger partial charge in [-0.2, -0.15) is 0 Å². The van der Waals surface area contributed by atoms with Crippen LogP contribution in [0.1, 0.15) is 17.1 Å². The van der Waals surface area contributed by atoms with Gasteiger partial charge in [0, 0.05) is 11.1 Å². The van der Waals surface area contributed by atoms with Gasteiger partial charge in [-0.15, -0.1) is 11.3 Å². The molecule has 1 heterocycles. The number of nitrogens with zero attached hydrogens (tertiary/aromatic N) is 1. The van der Waals surface area contributed by atoms with Gasteiger partial charge in [0.2, 0.25) is 5.91 Å². The molecule has 1 rings (SSSR count). The summed E-state index contributed by atoms with van der Waals surface area (Å²) < 4.78 is 0. The number of aryl methyl sites for hydroxylation is 1. The van der Waals surface area contributed by atoms with Crippen molar-refractivity contribution in [3.63, 3.8) is 0 Å². The van der Waals surface area contributed by atoms with Crippen LogP contribution >= 0.6 is 11.3 Å². The van der Waals surface area contributed by atoms with E-state index in [1.165, 1.54) is 11.3 Å². The predicted octanol–water partition coefficient (Wildman–Crippen LogP) is 0.0381. The van der Waals surface area contributed by atoms with Gasteiger partial charge in [-0.25, -0.2) is 9.78 Å². The fourth-order valence-corrected chi connectivity index (χ4v) is 2.01. The molecular formula is C10H12N2O5S. The number of thiazole rings is 1. The Labute approximate surface area is 106 Å². The molecule has 0 aliphatic heterocycles. The van der Waals surface area contributed by atoms with E-state index in [-0.39, 0.29) is 6.42 Å². The molecule has 0 spiro atoms. The second-order valence-electron chi connectivity index (χ2n) is 3.62. The van der Waals surface area contributed by atoms with E-state index in [0.29, 0.717) is 5.01 Å². The molecule has 7 nitrogen and oxygen atoms in total. The van der Waals surface area contributed by atoms with Gasteiger partial charge >= 0.3 is 11.9 Å². The molecule has 0 saturated carbocycles. The fraction of sp³-hybridized carbons (Fsp3) is 0.400. The number of hydrogen-bond donors (Lipinski definition) is 3. The first-order valence-electron chi connectivity index (χ1n) is 5.03. The van der Waals surface area contributed by atoms with Gasteiger partial charge in [-0.05, 0) is 6.92 Å². The minimum absolute atomic E-state index is 0.0537. The summed E-state index contributed by atoms with van der Waals surface area (Å²) in [6.07, 6.45) is -0.708. The van der Waals surface area contributed by atoms with Crippen LogP contribution in [0.5, 0.6) is 0 Å². The van der Waals surface area contributed by atoms with Crippen LogP contribution in [0.4, 0.5) is 0 Å². The van der Waals surface area contributed by atoms with Crippen molar-refractivity contribution < 1.29 is 24.6 Å². The Morgan fingerprint density at radius 3 is 2.56 bits per heavy atom. The van der Waals surface area contributed by atoms with E-state index in [9.17, 15) is 14.4 Å². The molecule has 98 valence electrons. The second kappa shape index (κ2) is 6.10. The van der Waals surface area contributed by atoms with E-state index < -0.39 is 30.3 Å². The van der Waals surface area contributed by atoms with Crippen molar-refractivity contribution >= 4 is 29.2 Å². The van der Waals surface area contributed by atoms with Crippen molar-refractivity contribution in [3.05, 3.63) is 16.1 Å². The van der Waals surface area contributed by atoms with E-state index in [1.807, 2.05) is 0 Å². The molecule has 0 aliphatic rings. The zero-order chi connectivity index (χ0) is 13.7. The summed E-state index contributed by atoms with van der Waals surface area (Å²) in [4.78, 5) is 36.7. The second-order valence-corrected chi connectivity index (χ2v) is 4.56. The Hall–Kier alpha value is -1.96. The Bertz CT molecular complexity index is 471. The zero-order valence-corrected chi connectivity index (χ0v) is 10.4. The van der Waals surface area contributed by atoms with E-state index in [0.717, 1.165) is 5.69 Å². The Morgan fingerprint density at radius 1 is 1.44 bits per heavy atom. The molecule has 18 heavy (non-hydrogen) atoms. The first-order chi connectivity index (χ1) is 8.38. The minimum atomic E-state index is -1.42. The molecule has 0 saturated heterocycles. The summed E-state index contributed by atoms with van der Waals surface area (Å²) in [7, 11) is 0. The minimum Gasteiger partial charge on any atom is -0.481 e. The normalized spacial score (nSPS) is 11.8. The lowest BCUT2D eigenvalue weighted by atomic mass is 10.2. The van der Waals surface area contributed by atoms with Crippen LogP contribution in [0.2, 0.25) is 0 Å². The maximum atomic E-state index is 11.5. The summed E-state index contributed by atoms with van der Waals surface area (Å²) in [6, 6.07) is -1.42. The lowest BCUT2D eigenvalue weighted by Crippen LogP contribution is -2.42. The van der Waals surface area contributed by atoms with Gasteiger partial charge in [-0.1, -0.05) is 0 Å². The number of carboxylic acids is 2. The maximum Gasteiger partial charge on any atom is 0.326 e. The van der Waals surface area contributed by atoms with E-state index in [1.54, 1.807) is 12.3 Å². The molecule has 0 radical (unpaired) electrons. The quantitative estimate of drug-likeness (QED) is 0.673. The van der Waals surface area contributed by atoms with Gasteiger partial charge in [0.05, 0.1) is 12.8 Å². The maximum absolute atomic E-state index is 11.5. The molecule has 0 fully saturated rings. The number of amides is 1. The van der Waals surface area contributed by atoms with Crippen LogP contribution in [0.3, 0.4) is 0 Å². The fourth-order valence-electron chi connectivity index (χ4n) is 1.24. The van der Waals surface area contributed by atoms with Gasteiger partial charge in [-0.3, -0.25) is 9.59 Å². The summed E-state index contributed by atoms with van der Waals surface area (Å²) in [5.41, 5.74) is 0.781. The summed E-state index contributed by atoms with van der Waals surface area (Å²) in [5, 5.41) is 21.7. The zero-order valence-electron chi connectivity index (χ0n) is 9.54. The topological polar surface area (TPSA) is 117 Å². The van der Waals surface area contributed by atoms with E-state index >= 15 is 0 Å². The lowest BCUT2D eigenvalue weighted by molar-refractivity contribution is -0.147. The number of hydrogen-bond acceptors (Lipinski definition) is 5. The number of aromatic nitrogens is 1. The van der Waals surface area contributed by atoms with Crippen molar-refractivity contribution in [2.45, 2.75) is 25.8 Å². The van der Waals surface area contributed by atoms with Crippen molar-refractivity contribution in [1.29, 1.82) is 0 Å². The van der Waals surface area contributed by atoms with Crippen molar-refractivity contribution in [1.82, 2.24) is 10.3 Å². The molecule has 1 aromatic rings. The molecule has 1 amide bonds. The highest BCUT2D eigenvalue weighted by Gasteiger charge is 2.23. The lowest BCUT2D eigenvalue weighted by Gasteiger charge is -2.11. The number of carboxylic acid groups (broad SMARTS) is 2. The van der Waals surface area contributed by atoms with Crippen molar-refractivity contribution in [2.75, 3.05) is 0 Å². The molecule has 1 aromatic heterocycles. The Balaban J connectivity index is 2.56. The largest absolute Gasteiger partial charge is 0.481 e. The highest BCUT2D eigenvalue weighted by atomic mass is 32.1. The average Bonchev–Trinajstić information content (AvgIpc) is 2.62. The van der Waals surface area contributed by atoms with Crippen molar-refractivity contribution in [2.24, 2.45) is 0 Å². The van der Waals surface area contributed by atoms with E-state index in [4.69, 9.17) is 10.2 Å². The third-order valence-electron chi connectivity index (χ3n) is 1.99. The Kier molecular flexibility index (Phi) is 4.78. The first kappa shape index (κ1) is 14.1.